The third-order valence-electron chi connectivity index (χ3n) is 3.82. The summed E-state index contributed by atoms with van der Waals surface area (Å²) in [5.41, 5.74) is 2.88. The second kappa shape index (κ2) is 3.92. The van der Waals surface area contributed by atoms with Gasteiger partial charge in [-0.15, -0.1) is 0 Å². The largest absolute Gasteiger partial charge is 0.386 e. The van der Waals surface area contributed by atoms with Gasteiger partial charge in [-0.05, 0) is 46.4 Å². The number of fused-ring (bicyclic) bond motifs is 3. The van der Waals surface area contributed by atoms with E-state index in [9.17, 15) is 9.59 Å². The summed E-state index contributed by atoms with van der Waals surface area (Å²) < 4.78 is 4.74. The minimum Gasteiger partial charge on any atom is -0.386 e. The maximum atomic E-state index is 11.9. The zero-order chi connectivity index (χ0) is 14.7. The highest BCUT2D eigenvalue weighted by Crippen LogP contribution is 2.34. The monoisotopic (exact) mass is 268 g/mol. The van der Waals surface area contributed by atoms with Gasteiger partial charge in [-0.2, -0.15) is 0 Å². The van der Waals surface area contributed by atoms with Crippen LogP contribution in [0, 0.1) is 6.92 Å². The van der Waals surface area contributed by atoms with Gasteiger partial charge in [0.2, 0.25) is 0 Å². The molecule has 0 radical (unpaired) electrons. The van der Waals surface area contributed by atoms with Crippen molar-refractivity contribution in [1.29, 1.82) is 0 Å². The first-order chi connectivity index (χ1) is 9.29. The minimum absolute atomic E-state index is 0.0165. The van der Waals surface area contributed by atoms with Crippen LogP contribution < -0.4 is 0 Å². The normalized spacial score (nSPS) is 14.6. The van der Waals surface area contributed by atoms with Crippen LogP contribution in [-0.2, 0) is 10.2 Å². The Morgan fingerprint density at radius 2 is 1.65 bits per heavy atom. The Hall–Kier alpha value is -2.16. The fraction of sp³-hybridized carbons (Fsp3) is 0.294. The molecule has 0 atom stereocenters. The molecule has 0 N–H and O–H groups in total. The molecule has 0 saturated carbocycles. The molecule has 102 valence electrons. The average molecular weight is 268 g/mol. The van der Waals surface area contributed by atoms with Crippen molar-refractivity contribution < 1.29 is 14.3 Å². The molecule has 3 heteroatoms. The van der Waals surface area contributed by atoms with Crippen LogP contribution in [0.25, 0.3) is 10.8 Å². The fourth-order valence-electron chi connectivity index (χ4n) is 2.64. The molecular weight excluding hydrogens is 252 g/mol. The van der Waals surface area contributed by atoms with Crippen molar-refractivity contribution in [3.63, 3.8) is 0 Å². The summed E-state index contributed by atoms with van der Waals surface area (Å²) in [5.74, 6) is -1.09. The smallest absolute Gasteiger partial charge is 0.347 e. The molecule has 0 unspecified atom stereocenters. The van der Waals surface area contributed by atoms with E-state index >= 15 is 0 Å². The van der Waals surface area contributed by atoms with Gasteiger partial charge in [0.25, 0.3) is 0 Å². The molecule has 0 fully saturated rings. The van der Waals surface area contributed by atoms with Crippen LogP contribution in [-0.4, -0.2) is 11.9 Å². The molecule has 2 aromatic rings. The van der Waals surface area contributed by atoms with Crippen molar-refractivity contribution in [1.82, 2.24) is 0 Å². The number of benzene rings is 2. The van der Waals surface area contributed by atoms with Crippen LogP contribution in [0.1, 0.15) is 52.6 Å². The lowest BCUT2D eigenvalue weighted by Gasteiger charge is -2.20. The predicted molar refractivity (Wildman–Crippen MR) is 77.1 cm³/mol. The third kappa shape index (κ3) is 1.73. The summed E-state index contributed by atoms with van der Waals surface area (Å²) in [6, 6.07) is 7.83. The van der Waals surface area contributed by atoms with Crippen LogP contribution in [0.3, 0.4) is 0 Å². The van der Waals surface area contributed by atoms with Gasteiger partial charge in [0.05, 0.1) is 11.1 Å². The number of hydrogen-bond acceptors (Lipinski definition) is 3. The third-order valence-corrected chi connectivity index (χ3v) is 3.82. The SMILES string of the molecule is Cc1cc2c(c3cc(C(C)(C)C)ccc13)C(=O)OC2=O. The second-order valence-corrected chi connectivity index (χ2v) is 6.30. The molecule has 0 amide bonds. The van der Waals surface area contributed by atoms with Crippen molar-refractivity contribution in [2.75, 3.05) is 0 Å². The first-order valence-electron chi connectivity index (χ1n) is 6.63. The highest BCUT2D eigenvalue weighted by Gasteiger charge is 2.32. The summed E-state index contributed by atoms with van der Waals surface area (Å²) in [7, 11) is 0. The molecule has 20 heavy (non-hydrogen) atoms. The molecule has 2 aromatic carbocycles. The Morgan fingerprint density at radius 3 is 2.30 bits per heavy atom. The summed E-state index contributed by atoms with van der Waals surface area (Å²) >= 11 is 0. The van der Waals surface area contributed by atoms with Crippen LogP contribution in [0.2, 0.25) is 0 Å². The van der Waals surface area contributed by atoms with E-state index in [1.165, 1.54) is 0 Å². The summed E-state index contributed by atoms with van der Waals surface area (Å²) in [6.07, 6.45) is 0. The lowest BCUT2D eigenvalue weighted by molar-refractivity contribution is 0.0444. The number of carbonyl (C=O) groups excluding carboxylic acids is 2. The Bertz CT molecular complexity index is 764. The number of cyclic esters (lactones) is 2. The molecule has 0 spiro atoms. The lowest BCUT2D eigenvalue weighted by Crippen LogP contribution is -2.11. The predicted octanol–water partition coefficient (Wildman–Crippen LogP) is 3.76. The number of hydrogen-bond donors (Lipinski definition) is 0. The fourth-order valence-corrected chi connectivity index (χ4v) is 2.64. The van der Waals surface area contributed by atoms with Crippen molar-refractivity contribution in [2.45, 2.75) is 33.1 Å². The van der Waals surface area contributed by atoms with Gasteiger partial charge in [-0.3, -0.25) is 0 Å². The van der Waals surface area contributed by atoms with E-state index < -0.39 is 11.9 Å². The molecule has 1 heterocycles. The van der Waals surface area contributed by atoms with Gasteiger partial charge < -0.3 is 4.74 Å². The standard InChI is InChI=1S/C17H16O3/c1-9-7-13-14(16(19)20-15(13)18)12-8-10(17(2,3)4)5-6-11(9)12/h5-8H,1-4H3. The molecule has 0 saturated heterocycles. The zero-order valence-electron chi connectivity index (χ0n) is 12.0. The topological polar surface area (TPSA) is 43.4 Å². The van der Waals surface area contributed by atoms with Gasteiger partial charge in [-0.1, -0.05) is 32.9 Å². The van der Waals surface area contributed by atoms with E-state index in [-0.39, 0.29) is 5.41 Å². The van der Waals surface area contributed by atoms with E-state index in [0.717, 1.165) is 21.9 Å². The second-order valence-electron chi connectivity index (χ2n) is 6.30. The molecule has 0 aliphatic carbocycles. The molecule has 1 aliphatic rings. The first kappa shape index (κ1) is 12.9. The van der Waals surface area contributed by atoms with Gasteiger partial charge in [0.15, 0.2) is 0 Å². The Morgan fingerprint density at radius 1 is 0.950 bits per heavy atom. The minimum atomic E-state index is -0.545. The molecular formula is C17H16O3. The Balaban J connectivity index is 2.42. The first-order valence-corrected chi connectivity index (χ1v) is 6.63. The molecule has 3 nitrogen and oxygen atoms in total. The molecule has 0 aromatic heterocycles. The van der Waals surface area contributed by atoms with Crippen LogP contribution >= 0.6 is 0 Å². The van der Waals surface area contributed by atoms with Crippen molar-refractivity contribution in [3.05, 3.63) is 46.5 Å². The van der Waals surface area contributed by atoms with Crippen molar-refractivity contribution in [3.8, 4) is 0 Å². The van der Waals surface area contributed by atoms with E-state index in [2.05, 4.69) is 26.8 Å². The Labute approximate surface area is 117 Å². The van der Waals surface area contributed by atoms with E-state index in [0.29, 0.717) is 11.1 Å². The highest BCUT2D eigenvalue weighted by molar-refractivity contribution is 6.21. The summed E-state index contributed by atoms with van der Waals surface area (Å²) in [4.78, 5) is 23.6. The summed E-state index contributed by atoms with van der Waals surface area (Å²) in [6.45, 7) is 8.30. The summed E-state index contributed by atoms with van der Waals surface area (Å²) in [5, 5.41) is 1.80. The quantitative estimate of drug-likeness (QED) is 0.539. The van der Waals surface area contributed by atoms with Crippen molar-refractivity contribution in [2.24, 2.45) is 0 Å². The molecule has 0 bridgehead atoms. The van der Waals surface area contributed by atoms with E-state index in [1.807, 2.05) is 19.1 Å². The van der Waals surface area contributed by atoms with E-state index in [1.54, 1.807) is 6.07 Å². The number of rotatable bonds is 0. The van der Waals surface area contributed by atoms with Gasteiger partial charge in [-0.25, -0.2) is 9.59 Å². The van der Waals surface area contributed by atoms with Crippen LogP contribution in [0.4, 0.5) is 0 Å². The number of carbonyl (C=O) groups is 2. The lowest BCUT2D eigenvalue weighted by atomic mass is 9.84. The highest BCUT2D eigenvalue weighted by atomic mass is 16.6. The number of esters is 2. The molecule has 1 aliphatic heterocycles. The Kier molecular flexibility index (Phi) is 2.52. The number of aryl methyl sites for hydroxylation is 1. The van der Waals surface area contributed by atoms with Gasteiger partial charge in [0, 0.05) is 0 Å². The van der Waals surface area contributed by atoms with Crippen LogP contribution in [0.15, 0.2) is 24.3 Å². The maximum absolute atomic E-state index is 11.9. The van der Waals surface area contributed by atoms with E-state index in [4.69, 9.17) is 4.74 Å². The average Bonchev–Trinajstić information content (AvgIpc) is 2.63. The molecule has 3 rings (SSSR count). The maximum Gasteiger partial charge on any atom is 0.347 e. The van der Waals surface area contributed by atoms with Crippen molar-refractivity contribution >= 4 is 22.7 Å². The zero-order valence-corrected chi connectivity index (χ0v) is 12.0. The number of ether oxygens (including phenoxy) is 1. The van der Waals surface area contributed by atoms with Gasteiger partial charge in [0.1, 0.15) is 0 Å². The van der Waals surface area contributed by atoms with Gasteiger partial charge >= 0.3 is 11.9 Å². The van der Waals surface area contributed by atoms with Crippen LogP contribution in [0.5, 0.6) is 0 Å².